The molecule has 0 aliphatic rings. The van der Waals surface area contributed by atoms with Crippen molar-refractivity contribution in [1.82, 2.24) is 0 Å². The molecule has 0 aliphatic carbocycles. The van der Waals surface area contributed by atoms with Gasteiger partial charge in [0.2, 0.25) is 0 Å². The van der Waals surface area contributed by atoms with E-state index in [1.54, 1.807) is 19.2 Å². The van der Waals surface area contributed by atoms with Crippen LogP contribution in [0.5, 0.6) is 11.5 Å². The van der Waals surface area contributed by atoms with E-state index in [9.17, 15) is 4.79 Å². The first-order valence-corrected chi connectivity index (χ1v) is 4.80. The van der Waals surface area contributed by atoms with Crippen LogP contribution < -0.4 is 9.47 Å². The van der Waals surface area contributed by atoms with Gasteiger partial charge in [0.15, 0.2) is 0 Å². The Hall–Kier alpha value is -1.97. The highest BCUT2D eigenvalue weighted by Crippen LogP contribution is 2.18. The number of hydrogen-bond acceptors (Lipinski definition) is 3. The summed E-state index contributed by atoms with van der Waals surface area (Å²) in [6, 6.07) is 7.14. The molecule has 0 unspecified atom stereocenters. The molecule has 0 saturated carbocycles. The van der Waals surface area contributed by atoms with Crippen molar-refractivity contribution < 1.29 is 19.4 Å². The van der Waals surface area contributed by atoms with E-state index in [0.29, 0.717) is 11.5 Å². The molecule has 0 fully saturated rings. The molecule has 4 nitrogen and oxygen atoms in total. The Bertz CT molecular complexity index is 396. The maximum absolute atomic E-state index is 10.5. The van der Waals surface area contributed by atoms with E-state index in [2.05, 4.69) is 0 Å². The van der Waals surface area contributed by atoms with Crippen molar-refractivity contribution >= 4 is 5.97 Å². The van der Waals surface area contributed by atoms with Gasteiger partial charge >= 0.3 is 5.97 Å². The van der Waals surface area contributed by atoms with Gasteiger partial charge in [0.05, 0.1) is 7.11 Å². The lowest BCUT2D eigenvalue weighted by Crippen LogP contribution is -2.00. The van der Waals surface area contributed by atoms with Crippen molar-refractivity contribution in [2.45, 2.75) is 6.92 Å². The fraction of sp³-hybridized carbons (Fsp3) is 0.250. The predicted molar refractivity (Wildman–Crippen MR) is 59.9 cm³/mol. The van der Waals surface area contributed by atoms with Gasteiger partial charge in [-0.25, -0.2) is 4.79 Å². The van der Waals surface area contributed by atoms with Crippen molar-refractivity contribution in [1.29, 1.82) is 0 Å². The van der Waals surface area contributed by atoms with Crippen LogP contribution >= 0.6 is 0 Å². The number of ether oxygens (including phenoxy) is 2. The third kappa shape index (κ3) is 3.65. The molecule has 0 saturated heterocycles. The Balaban J connectivity index is 2.55. The molecule has 4 heteroatoms. The molecule has 1 N–H and O–H groups in total. The van der Waals surface area contributed by atoms with Crippen LogP contribution in [0.15, 0.2) is 35.9 Å². The average Bonchev–Trinajstić information content (AvgIpc) is 2.29. The first kappa shape index (κ1) is 12.1. The molecule has 0 radical (unpaired) electrons. The summed E-state index contributed by atoms with van der Waals surface area (Å²) in [7, 11) is 1.58. The first-order chi connectivity index (χ1) is 7.63. The molecular weight excluding hydrogens is 208 g/mol. The minimum absolute atomic E-state index is 0.227. The maximum atomic E-state index is 10.5. The summed E-state index contributed by atoms with van der Waals surface area (Å²) in [5.74, 6) is 0.416. The summed E-state index contributed by atoms with van der Waals surface area (Å²) in [5.41, 5.74) is 0.267. The molecule has 16 heavy (non-hydrogen) atoms. The number of carboxylic acid groups (broad SMARTS) is 1. The average molecular weight is 222 g/mol. The van der Waals surface area contributed by atoms with Crippen molar-refractivity contribution in [3.05, 3.63) is 35.9 Å². The Morgan fingerprint density at radius 1 is 1.44 bits per heavy atom. The highest BCUT2D eigenvalue weighted by Gasteiger charge is 1.99. The normalized spacial score (nSPS) is 11.0. The van der Waals surface area contributed by atoms with Gasteiger partial charge in [-0.05, 0) is 25.1 Å². The van der Waals surface area contributed by atoms with Gasteiger partial charge < -0.3 is 14.6 Å². The smallest absolute Gasteiger partial charge is 0.331 e. The maximum Gasteiger partial charge on any atom is 0.331 e. The van der Waals surface area contributed by atoms with Crippen molar-refractivity contribution in [3.8, 4) is 11.5 Å². The molecule has 0 aliphatic heterocycles. The molecule has 1 aromatic rings. The second-order valence-corrected chi connectivity index (χ2v) is 3.18. The molecule has 0 atom stereocenters. The van der Waals surface area contributed by atoms with Crippen molar-refractivity contribution in [2.24, 2.45) is 0 Å². The fourth-order valence-corrected chi connectivity index (χ4v) is 1.04. The molecule has 0 amide bonds. The third-order valence-electron chi connectivity index (χ3n) is 2.02. The largest absolute Gasteiger partial charge is 0.497 e. The van der Waals surface area contributed by atoms with Crippen LogP contribution in [0.2, 0.25) is 0 Å². The Labute approximate surface area is 94.1 Å². The van der Waals surface area contributed by atoms with Crippen LogP contribution in [-0.2, 0) is 4.79 Å². The minimum atomic E-state index is -0.936. The van der Waals surface area contributed by atoms with E-state index >= 15 is 0 Å². The molecule has 0 bridgehead atoms. The lowest BCUT2D eigenvalue weighted by molar-refractivity contribution is -0.132. The number of aliphatic carboxylic acids is 1. The molecule has 86 valence electrons. The highest BCUT2D eigenvalue weighted by molar-refractivity contribution is 5.85. The molecule has 1 aromatic carbocycles. The molecule has 0 heterocycles. The van der Waals surface area contributed by atoms with E-state index in [1.165, 1.54) is 13.0 Å². The third-order valence-corrected chi connectivity index (χ3v) is 2.02. The van der Waals surface area contributed by atoms with Crippen LogP contribution in [0.3, 0.4) is 0 Å². The zero-order valence-corrected chi connectivity index (χ0v) is 9.27. The van der Waals surface area contributed by atoms with Crippen LogP contribution in [-0.4, -0.2) is 24.8 Å². The van der Waals surface area contributed by atoms with Crippen LogP contribution in [0, 0.1) is 0 Å². The number of carboxylic acids is 1. The monoisotopic (exact) mass is 222 g/mol. The summed E-state index contributed by atoms with van der Waals surface area (Å²) < 4.78 is 10.4. The number of methoxy groups -OCH3 is 1. The van der Waals surface area contributed by atoms with Gasteiger partial charge in [0, 0.05) is 11.6 Å². The van der Waals surface area contributed by atoms with Crippen LogP contribution in [0.4, 0.5) is 0 Å². The molecular formula is C12H14O4. The molecule has 1 rings (SSSR count). The van der Waals surface area contributed by atoms with Gasteiger partial charge in [-0.3, -0.25) is 0 Å². The number of hydrogen-bond donors (Lipinski definition) is 1. The minimum Gasteiger partial charge on any atom is -0.497 e. The standard InChI is InChI=1S/C12H14O4/c1-9(12(13)14)6-7-16-11-5-3-4-10(8-11)15-2/h3-6,8H,7H2,1-2H3,(H,13,14). The highest BCUT2D eigenvalue weighted by atomic mass is 16.5. The summed E-state index contributed by atoms with van der Waals surface area (Å²) in [6.45, 7) is 1.75. The second kappa shape index (κ2) is 5.80. The molecule has 0 aromatic heterocycles. The molecule has 0 spiro atoms. The van der Waals surface area contributed by atoms with E-state index in [1.807, 2.05) is 12.1 Å². The zero-order valence-electron chi connectivity index (χ0n) is 9.27. The lowest BCUT2D eigenvalue weighted by Gasteiger charge is -2.05. The second-order valence-electron chi connectivity index (χ2n) is 3.18. The lowest BCUT2D eigenvalue weighted by atomic mass is 10.3. The SMILES string of the molecule is COc1cccc(OCC=C(C)C(=O)O)c1. The summed E-state index contributed by atoms with van der Waals surface area (Å²) in [4.78, 5) is 10.5. The summed E-state index contributed by atoms with van der Waals surface area (Å²) in [5, 5.41) is 8.62. The van der Waals surface area contributed by atoms with Gasteiger partial charge in [0.1, 0.15) is 18.1 Å². The number of carbonyl (C=O) groups is 1. The van der Waals surface area contributed by atoms with Crippen LogP contribution in [0.25, 0.3) is 0 Å². The topological polar surface area (TPSA) is 55.8 Å². The van der Waals surface area contributed by atoms with Crippen LogP contribution in [0.1, 0.15) is 6.92 Å². The van der Waals surface area contributed by atoms with Gasteiger partial charge in [-0.1, -0.05) is 6.07 Å². The van der Waals surface area contributed by atoms with E-state index in [0.717, 1.165) is 0 Å². The van der Waals surface area contributed by atoms with Gasteiger partial charge in [0.25, 0.3) is 0 Å². The Morgan fingerprint density at radius 3 is 2.75 bits per heavy atom. The van der Waals surface area contributed by atoms with E-state index < -0.39 is 5.97 Å². The Morgan fingerprint density at radius 2 is 2.12 bits per heavy atom. The van der Waals surface area contributed by atoms with E-state index in [-0.39, 0.29) is 12.2 Å². The summed E-state index contributed by atoms with van der Waals surface area (Å²) in [6.07, 6.45) is 1.52. The van der Waals surface area contributed by atoms with E-state index in [4.69, 9.17) is 14.6 Å². The quantitative estimate of drug-likeness (QED) is 0.775. The predicted octanol–water partition coefficient (Wildman–Crippen LogP) is 2.10. The zero-order chi connectivity index (χ0) is 12.0. The number of rotatable bonds is 5. The van der Waals surface area contributed by atoms with Gasteiger partial charge in [-0.15, -0.1) is 0 Å². The summed E-state index contributed by atoms with van der Waals surface area (Å²) >= 11 is 0. The number of benzene rings is 1. The fourth-order valence-electron chi connectivity index (χ4n) is 1.04. The van der Waals surface area contributed by atoms with Gasteiger partial charge in [-0.2, -0.15) is 0 Å². The van der Waals surface area contributed by atoms with Crippen molar-refractivity contribution in [3.63, 3.8) is 0 Å². The first-order valence-electron chi connectivity index (χ1n) is 4.80. The van der Waals surface area contributed by atoms with Crippen molar-refractivity contribution in [2.75, 3.05) is 13.7 Å². The Kier molecular flexibility index (Phi) is 4.39.